The lowest BCUT2D eigenvalue weighted by molar-refractivity contribution is 1.03. The summed E-state index contributed by atoms with van der Waals surface area (Å²) in [4.78, 5) is 20.0. The molecular formula is C12H13N7. The molecule has 0 unspecified atom stereocenters. The molecule has 96 valence electrons. The van der Waals surface area contributed by atoms with E-state index in [1.165, 1.54) is 0 Å². The number of hydrogen-bond donors (Lipinski definition) is 3. The molecule has 0 saturated heterocycles. The Morgan fingerprint density at radius 2 is 2.16 bits per heavy atom. The van der Waals surface area contributed by atoms with Crippen molar-refractivity contribution in [2.75, 3.05) is 17.7 Å². The van der Waals surface area contributed by atoms with Crippen LogP contribution in [-0.2, 0) is 6.54 Å². The number of aromatic amines is 1. The molecule has 0 aliphatic rings. The van der Waals surface area contributed by atoms with E-state index >= 15 is 0 Å². The second-order valence-electron chi connectivity index (χ2n) is 3.92. The number of hydrogen-bond acceptors (Lipinski definition) is 6. The maximum Gasteiger partial charge on any atom is 0.226 e. The standard InChI is InChI=1S/C12H13N7/c1-13-12-18-10(9-11(19-12)17-7-16-9)15-6-8-4-2-3-5-14-8/h2-5,7H,6H2,1H3,(H3,13,15,16,17,18,19). The van der Waals surface area contributed by atoms with Crippen LogP contribution in [0.5, 0.6) is 0 Å². The van der Waals surface area contributed by atoms with Crippen molar-refractivity contribution in [3.8, 4) is 0 Å². The molecule has 19 heavy (non-hydrogen) atoms. The molecule has 7 nitrogen and oxygen atoms in total. The monoisotopic (exact) mass is 255 g/mol. The van der Waals surface area contributed by atoms with E-state index in [1.54, 1.807) is 19.6 Å². The van der Waals surface area contributed by atoms with Crippen LogP contribution < -0.4 is 10.6 Å². The zero-order chi connectivity index (χ0) is 13.1. The molecule has 3 aromatic rings. The average Bonchev–Trinajstić information content (AvgIpc) is 2.94. The lowest BCUT2D eigenvalue weighted by Crippen LogP contribution is -2.06. The first-order valence-corrected chi connectivity index (χ1v) is 5.89. The number of H-pyrrole nitrogens is 1. The zero-order valence-corrected chi connectivity index (χ0v) is 10.4. The summed E-state index contributed by atoms with van der Waals surface area (Å²) in [7, 11) is 1.77. The van der Waals surface area contributed by atoms with Gasteiger partial charge in [0.15, 0.2) is 11.5 Å². The fourth-order valence-electron chi connectivity index (χ4n) is 1.75. The molecular weight excluding hydrogens is 242 g/mol. The zero-order valence-electron chi connectivity index (χ0n) is 10.4. The lowest BCUT2D eigenvalue weighted by Gasteiger charge is -2.07. The fraction of sp³-hybridized carbons (Fsp3) is 0.167. The van der Waals surface area contributed by atoms with E-state index in [0.717, 1.165) is 11.2 Å². The molecule has 3 rings (SSSR count). The van der Waals surface area contributed by atoms with Gasteiger partial charge in [0.2, 0.25) is 5.95 Å². The summed E-state index contributed by atoms with van der Waals surface area (Å²) in [6, 6.07) is 5.80. The number of aromatic nitrogens is 5. The van der Waals surface area contributed by atoms with E-state index < -0.39 is 0 Å². The van der Waals surface area contributed by atoms with E-state index in [2.05, 4.69) is 35.6 Å². The fourth-order valence-corrected chi connectivity index (χ4v) is 1.75. The van der Waals surface area contributed by atoms with Gasteiger partial charge in [-0.25, -0.2) is 4.98 Å². The van der Waals surface area contributed by atoms with E-state index in [0.29, 0.717) is 24.0 Å². The molecule has 0 aliphatic heterocycles. The molecule has 0 atom stereocenters. The summed E-state index contributed by atoms with van der Waals surface area (Å²) >= 11 is 0. The van der Waals surface area contributed by atoms with Crippen molar-refractivity contribution in [3.63, 3.8) is 0 Å². The second-order valence-corrected chi connectivity index (χ2v) is 3.92. The summed E-state index contributed by atoms with van der Waals surface area (Å²) in [5, 5.41) is 6.16. The maximum atomic E-state index is 4.37. The lowest BCUT2D eigenvalue weighted by atomic mass is 10.3. The van der Waals surface area contributed by atoms with Gasteiger partial charge in [0, 0.05) is 13.2 Å². The van der Waals surface area contributed by atoms with Gasteiger partial charge < -0.3 is 15.6 Å². The van der Waals surface area contributed by atoms with Gasteiger partial charge in [0.25, 0.3) is 0 Å². The topological polar surface area (TPSA) is 91.4 Å². The molecule has 3 aromatic heterocycles. The highest BCUT2D eigenvalue weighted by Gasteiger charge is 2.08. The maximum absolute atomic E-state index is 4.37. The molecule has 0 saturated carbocycles. The van der Waals surface area contributed by atoms with Crippen molar-refractivity contribution in [1.29, 1.82) is 0 Å². The smallest absolute Gasteiger partial charge is 0.226 e. The first kappa shape index (κ1) is 11.4. The Morgan fingerprint density at radius 3 is 2.95 bits per heavy atom. The van der Waals surface area contributed by atoms with Crippen molar-refractivity contribution >= 4 is 22.9 Å². The van der Waals surface area contributed by atoms with Crippen molar-refractivity contribution < 1.29 is 0 Å². The van der Waals surface area contributed by atoms with Gasteiger partial charge >= 0.3 is 0 Å². The molecule has 0 aromatic carbocycles. The third kappa shape index (κ3) is 2.30. The third-order valence-electron chi connectivity index (χ3n) is 2.67. The van der Waals surface area contributed by atoms with E-state index in [1.807, 2.05) is 18.2 Å². The highest BCUT2D eigenvalue weighted by Crippen LogP contribution is 2.18. The molecule has 0 bridgehead atoms. The van der Waals surface area contributed by atoms with Crippen LogP contribution >= 0.6 is 0 Å². The van der Waals surface area contributed by atoms with Crippen molar-refractivity contribution in [1.82, 2.24) is 24.9 Å². The van der Waals surface area contributed by atoms with Crippen LogP contribution in [0.2, 0.25) is 0 Å². The predicted octanol–water partition coefficient (Wildman–Crippen LogP) is 1.40. The van der Waals surface area contributed by atoms with Crippen LogP contribution in [0, 0.1) is 0 Å². The molecule has 0 aliphatic carbocycles. The van der Waals surface area contributed by atoms with E-state index in [-0.39, 0.29) is 0 Å². The molecule has 3 N–H and O–H groups in total. The molecule has 3 heterocycles. The van der Waals surface area contributed by atoms with Crippen molar-refractivity contribution in [2.45, 2.75) is 6.54 Å². The molecule has 0 spiro atoms. The van der Waals surface area contributed by atoms with Gasteiger partial charge in [-0.1, -0.05) is 6.07 Å². The Morgan fingerprint density at radius 1 is 1.21 bits per heavy atom. The Labute approximate surface area is 109 Å². The number of nitrogens with one attached hydrogen (secondary N) is 3. The van der Waals surface area contributed by atoms with Gasteiger partial charge in [0.1, 0.15) is 5.52 Å². The molecule has 0 radical (unpaired) electrons. The summed E-state index contributed by atoms with van der Waals surface area (Å²) in [5.41, 5.74) is 2.36. The molecule has 7 heteroatoms. The quantitative estimate of drug-likeness (QED) is 0.652. The first-order valence-electron chi connectivity index (χ1n) is 5.89. The number of fused-ring (bicyclic) bond motifs is 1. The minimum Gasteiger partial charge on any atom is -0.362 e. The Kier molecular flexibility index (Phi) is 2.93. The van der Waals surface area contributed by atoms with Gasteiger partial charge in [0.05, 0.1) is 18.6 Å². The SMILES string of the molecule is CNc1nc(NCc2ccccn2)c2[nH]cnc2n1. The number of pyridine rings is 1. The highest BCUT2D eigenvalue weighted by molar-refractivity contribution is 5.83. The van der Waals surface area contributed by atoms with Gasteiger partial charge in [-0.15, -0.1) is 0 Å². The van der Waals surface area contributed by atoms with Crippen LogP contribution in [0.4, 0.5) is 11.8 Å². The molecule has 0 fully saturated rings. The van der Waals surface area contributed by atoms with Gasteiger partial charge in [-0.05, 0) is 12.1 Å². The van der Waals surface area contributed by atoms with Crippen LogP contribution in [0.15, 0.2) is 30.7 Å². The largest absolute Gasteiger partial charge is 0.362 e. The summed E-state index contributed by atoms with van der Waals surface area (Å²) in [6.45, 7) is 0.592. The minimum atomic E-state index is 0.531. The summed E-state index contributed by atoms with van der Waals surface area (Å²) in [6.07, 6.45) is 3.37. The number of anilines is 2. The first-order chi connectivity index (χ1) is 9.36. The minimum absolute atomic E-state index is 0.531. The van der Waals surface area contributed by atoms with Crippen LogP contribution in [0.25, 0.3) is 11.2 Å². The molecule has 0 amide bonds. The summed E-state index contributed by atoms with van der Waals surface area (Å²) in [5.74, 6) is 1.24. The predicted molar refractivity (Wildman–Crippen MR) is 72.8 cm³/mol. The normalized spacial score (nSPS) is 10.6. The number of nitrogens with zero attached hydrogens (tertiary/aromatic N) is 4. The third-order valence-corrected chi connectivity index (χ3v) is 2.67. The second kappa shape index (κ2) is 4.89. The van der Waals surface area contributed by atoms with Crippen molar-refractivity contribution in [2.24, 2.45) is 0 Å². The Balaban J connectivity index is 1.89. The van der Waals surface area contributed by atoms with E-state index in [9.17, 15) is 0 Å². The number of imidazole rings is 1. The number of rotatable bonds is 4. The van der Waals surface area contributed by atoms with Crippen LogP contribution in [-0.4, -0.2) is 32.0 Å². The average molecular weight is 255 g/mol. The van der Waals surface area contributed by atoms with Crippen molar-refractivity contribution in [3.05, 3.63) is 36.4 Å². The van der Waals surface area contributed by atoms with E-state index in [4.69, 9.17) is 0 Å². The Bertz CT molecular complexity index is 677. The van der Waals surface area contributed by atoms with Gasteiger partial charge in [-0.2, -0.15) is 9.97 Å². The summed E-state index contributed by atoms with van der Waals surface area (Å²) < 4.78 is 0. The van der Waals surface area contributed by atoms with Crippen LogP contribution in [0.1, 0.15) is 5.69 Å². The Hall–Kier alpha value is -2.70. The van der Waals surface area contributed by atoms with Gasteiger partial charge in [-0.3, -0.25) is 4.98 Å². The van der Waals surface area contributed by atoms with Crippen LogP contribution in [0.3, 0.4) is 0 Å². The highest BCUT2D eigenvalue weighted by atomic mass is 15.2.